The molecule has 0 aliphatic carbocycles. The monoisotopic (exact) mass is 402 g/mol. The van der Waals surface area contributed by atoms with E-state index in [0.29, 0.717) is 18.0 Å². The van der Waals surface area contributed by atoms with Gasteiger partial charge in [-0.2, -0.15) is 11.3 Å². The van der Waals surface area contributed by atoms with Crippen LogP contribution in [-0.2, 0) is 9.59 Å². The van der Waals surface area contributed by atoms with E-state index in [1.54, 1.807) is 35.6 Å². The minimum atomic E-state index is -0.702. The highest BCUT2D eigenvalue weighted by atomic mass is 32.1. The zero-order valence-electron chi connectivity index (χ0n) is 16.2. The van der Waals surface area contributed by atoms with Gasteiger partial charge in [0, 0.05) is 32.7 Å². The van der Waals surface area contributed by atoms with Crippen molar-refractivity contribution in [2.75, 3.05) is 52.2 Å². The number of carbonyl (C=O) groups is 2. The summed E-state index contributed by atoms with van der Waals surface area (Å²) in [6, 6.07) is 9.14. The van der Waals surface area contributed by atoms with Crippen LogP contribution in [0.5, 0.6) is 5.75 Å². The average molecular weight is 403 g/mol. The number of amides is 2. The van der Waals surface area contributed by atoms with Crippen molar-refractivity contribution in [3.8, 4) is 5.75 Å². The standard InChI is InChI=1S/C20H26N4O3S/c1-23-8-10-24(11-9-23)17(15-7-12-28-14-15)13-21-19(25)20(26)22-16-5-3-4-6-18(16)27-2/h3-7,12,14,17H,8-11,13H2,1-2H3,(H,21,25)(H,22,26). The molecule has 3 rings (SSSR count). The van der Waals surface area contributed by atoms with Gasteiger partial charge < -0.3 is 20.3 Å². The number of anilines is 1. The molecule has 2 heterocycles. The smallest absolute Gasteiger partial charge is 0.313 e. The summed E-state index contributed by atoms with van der Waals surface area (Å²) in [6.07, 6.45) is 0. The Morgan fingerprint density at radius 3 is 2.57 bits per heavy atom. The lowest BCUT2D eigenvalue weighted by Gasteiger charge is -2.37. The largest absolute Gasteiger partial charge is 0.495 e. The Morgan fingerprint density at radius 2 is 1.89 bits per heavy atom. The Morgan fingerprint density at radius 1 is 1.14 bits per heavy atom. The van der Waals surface area contributed by atoms with E-state index >= 15 is 0 Å². The number of benzene rings is 1. The lowest BCUT2D eigenvalue weighted by Crippen LogP contribution is -2.49. The second-order valence-electron chi connectivity index (χ2n) is 6.78. The highest BCUT2D eigenvalue weighted by Crippen LogP contribution is 2.24. The molecule has 0 radical (unpaired) electrons. The first-order chi connectivity index (χ1) is 13.6. The molecule has 2 aromatic rings. The Kier molecular flexibility index (Phi) is 7.02. The number of nitrogens with zero attached hydrogens (tertiary/aromatic N) is 2. The normalized spacial score (nSPS) is 16.4. The fourth-order valence-electron chi connectivity index (χ4n) is 3.25. The number of piperazine rings is 1. The lowest BCUT2D eigenvalue weighted by atomic mass is 10.1. The first-order valence-corrected chi connectivity index (χ1v) is 10.2. The van der Waals surface area contributed by atoms with Crippen LogP contribution in [0.3, 0.4) is 0 Å². The van der Waals surface area contributed by atoms with Gasteiger partial charge in [0.1, 0.15) is 5.75 Å². The summed E-state index contributed by atoms with van der Waals surface area (Å²) in [6.45, 7) is 4.23. The van der Waals surface area contributed by atoms with Gasteiger partial charge in [-0.3, -0.25) is 14.5 Å². The van der Waals surface area contributed by atoms with E-state index < -0.39 is 11.8 Å². The van der Waals surface area contributed by atoms with Crippen LogP contribution in [0.2, 0.25) is 0 Å². The van der Waals surface area contributed by atoms with E-state index in [0.717, 1.165) is 26.2 Å². The summed E-state index contributed by atoms with van der Waals surface area (Å²) in [4.78, 5) is 29.3. The van der Waals surface area contributed by atoms with Crippen molar-refractivity contribution in [2.45, 2.75) is 6.04 Å². The number of methoxy groups -OCH3 is 1. The van der Waals surface area contributed by atoms with E-state index in [1.165, 1.54) is 12.7 Å². The molecule has 0 saturated carbocycles. The van der Waals surface area contributed by atoms with E-state index in [4.69, 9.17) is 4.74 Å². The van der Waals surface area contributed by atoms with Gasteiger partial charge in [0.15, 0.2) is 0 Å². The molecule has 1 aromatic heterocycles. The molecule has 2 amide bonds. The van der Waals surface area contributed by atoms with Gasteiger partial charge >= 0.3 is 11.8 Å². The summed E-state index contributed by atoms with van der Waals surface area (Å²) >= 11 is 1.64. The van der Waals surface area contributed by atoms with E-state index in [1.807, 2.05) is 5.38 Å². The van der Waals surface area contributed by atoms with Gasteiger partial charge in [-0.25, -0.2) is 0 Å². The molecular formula is C20H26N4O3S. The molecule has 28 heavy (non-hydrogen) atoms. The fourth-order valence-corrected chi connectivity index (χ4v) is 3.96. The summed E-state index contributed by atoms with van der Waals surface area (Å²) in [5.74, 6) is -0.843. The molecule has 7 nitrogen and oxygen atoms in total. The number of thiophene rings is 1. The Balaban J connectivity index is 1.61. The first-order valence-electron chi connectivity index (χ1n) is 9.25. The third kappa shape index (κ3) is 5.09. The highest BCUT2D eigenvalue weighted by Gasteiger charge is 2.26. The number of hydrogen-bond donors (Lipinski definition) is 2. The average Bonchev–Trinajstić information content (AvgIpc) is 3.24. The van der Waals surface area contributed by atoms with Crippen LogP contribution in [0.15, 0.2) is 41.1 Å². The molecule has 1 aliphatic rings. The maximum absolute atomic E-state index is 12.4. The third-order valence-electron chi connectivity index (χ3n) is 4.92. The fraction of sp³-hybridized carbons (Fsp3) is 0.400. The number of para-hydroxylation sites is 2. The number of carbonyl (C=O) groups excluding carboxylic acids is 2. The number of likely N-dealkylation sites (N-methyl/N-ethyl adjacent to an activating group) is 1. The molecule has 1 unspecified atom stereocenters. The molecule has 1 saturated heterocycles. The minimum Gasteiger partial charge on any atom is -0.495 e. The number of ether oxygens (including phenoxy) is 1. The third-order valence-corrected chi connectivity index (χ3v) is 5.63. The summed E-state index contributed by atoms with van der Waals surface area (Å²) < 4.78 is 5.21. The predicted octanol–water partition coefficient (Wildman–Crippen LogP) is 1.80. The van der Waals surface area contributed by atoms with Crippen molar-refractivity contribution in [3.05, 3.63) is 46.7 Å². The molecule has 1 aromatic carbocycles. The van der Waals surface area contributed by atoms with Crippen molar-refractivity contribution in [1.82, 2.24) is 15.1 Å². The maximum Gasteiger partial charge on any atom is 0.313 e. The number of nitrogens with one attached hydrogen (secondary N) is 2. The molecule has 1 fully saturated rings. The molecule has 0 spiro atoms. The molecule has 150 valence electrons. The van der Waals surface area contributed by atoms with Crippen molar-refractivity contribution >= 4 is 28.8 Å². The van der Waals surface area contributed by atoms with Crippen molar-refractivity contribution in [1.29, 1.82) is 0 Å². The van der Waals surface area contributed by atoms with Crippen LogP contribution in [0.1, 0.15) is 11.6 Å². The quantitative estimate of drug-likeness (QED) is 0.721. The van der Waals surface area contributed by atoms with Gasteiger partial charge in [-0.1, -0.05) is 12.1 Å². The van der Waals surface area contributed by atoms with Crippen LogP contribution in [-0.4, -0.2) is 68.5 Å². The molecular weight excluding hydrogens is 376 g/mol. The molecule has 2 N–H and O–H groups in total. The molecule has 8 heteroatoms. The van der Waals surface area contributed by atoms with Crippen LogP contribution in [0.25, 0.3) is 0 Å². The maximum atomic E-state index is 12.4. The van der Waals surface area contributed by atoms with E-state index in [-0.39, 0.29) is 6.04 Å². The Bertz CT molecular complexity index is 789. The van der Waals surface area contributed by atoms with E-state index in [9.17, 15) is 9.59 Å². The van der Waals surface area contributed by atoms with Gasteiger partial charge in [-0.05, 0) is 41.6 Å². The number of hydrogen-bond acceptors (Lipinski definition) is 6. The second kappa shape index (κ2) is 9.68. The van der Waals surface area contributed by atoms with Crippen molar-refractivity contribution < 1.29 is 14.3 Å². The molecule has 0 bridgehead atoms. The van der Waals surface area contributed by atoms with Crippen LogP contribution in [0.4, 0.5) is 5.69 Å². The molecule has 1 aliphatic heterocycles. The molecule has 1 atom stereocenters. The summed E-state index contributed by atoms with van der Waals surface area (Å²) in [7, 11) is 3.63. The van der Waals surface area contributed by atoms with Crippen LogP contribution < -0.4 is 15.4 Å². The van der Waals surface area contributed by atoms with Crippen LogP contribution in [0, 0.1) is 0 Å². The topological polar surface area (TPSA) is 73.9 Å². The summed E-state index contributed by atoms with van der Waals surface area (Å²) in [5, 5.41) is 9.54. The van der Waals surface area contributed by atoms with Crippen LogP contribution >= 0.6 is 11.3 Å². The Labute approximate surface area is 169 Å². The van der Waals surface area contributed by atoms with Crippen molar-refractivity contribution in [2.24, 2.45) is 0 Å². The number of rotatable bonds is 6. The van der Waals surface area contributed by atoms with Gasteiger partial charge in [0.2, 0.25) is 0 Å². The summed E-state index contributed by atoms with van der Waals surface area (Å²) in [5.41, 5.74) is 1.64. The minimum absolute atomic E-state index is 0.0583. The second-order valence-corrected chi connectivity index (χ2v) is 7.56. The highest BCUT2D eigenvalue weighted by molar-refractivity contribution is 7.08. The zero-order chi connectivity index (χ0) is 19.9. The SMILES string of the molecule is COc1ccccc1NC(=O)C(=O)NCC(c1ccsc1)N1CCN(C)CC1. The van der Waals surface area contributed by atoms with Crippen molar-refractivity contribution in [3.63, 3.8) is 0 Å². The first kappa shape index (κ1) is 20.3. The van der Waals surface area contributed by atoms with Gasteiger partial charge in [0.05, 0.1) is 18.8 Å². The van der Waals surface area contributed by atoms with Gasteiger partial charge in [0.25, 0.3) is 0 Å². The predicted molar refractivity (Wildman–Crippen MR) is 111 cm³/mol. The Hall–Kier alpha value is -2.42. The van der Waals surface area contributed by atoms with E-state index in [2.05, 4.69) is 38.9 Å². The zero-order valence-corrected chi connectivity index (χ0v) is 17.0. The van der Waals surface area contributed by atoms with Gasteiger partial charge in [-0.15, -0.1) is 0 Å². The lowest BCUT2D eigenvalue weighted by molar-refractivity contribution is -0.136.